The van der Waals surface area contributed by atoms with Crippen LogP contribution in [0.2, 0.25) is 0 Å². The average Bonchev–Trinajstić information content (AvgIpc) is 3.13. The zero-order valence-electron chi connectivity index (χ0n) is 15.0. The van der Waals surface area contributed by atoms with Gasteiger partial charge in [-0.25, -0.2) is 8.42 Å². The summed E-state index contributed by atoms with van der Waals surface area (Å²) in [4.78, 5) is 0.297. The first kappa shape index (κ1) is 18.9. The van der Waals surface area contributed by atoms with Gasteiger partial charge >= 0.3 is 0 Å². The van der Waals surface area contributed by atoms with Gasteiger partial charge in [0.15, 0.2) is 0 Å². The van der Waals surface area contributed by atoms with E-state index in [2.05, 4.69) is 0 Å². The molecule has 0 radical (unpaired) electrons. The molecule has 0 aromatic heterocycles. The van der Waals surface area contributed by atoms with Crippen LogP contribution in [0, 0.1) is 5.92 Å². The number of nitrogens with zero attached hydrogens (tertiary/aromatic N) is 1. The van der Waals surface area contributed by atoms with E-state index in [0.717, 1.165) is 12.0 Å². The van der Waals surface area contributed by atoms with Crippen molar-refractivity contribution in [1.82, 2.24) is 4.31 Å². The minimum atomic E-state index is -3.54. The molecule has 3 rings (SSSR count). The van der Waals surface area contributed by atoms with Crippen LogP contribution in [0.25, 0.3) is 0 Å². The largest absolute Gasteiger partial charge is 0.494 e. The monoisotopic (exact) mass is 374 g/mol. The topological polar surface area (TPSA) is 72.6 Å². The third-order valence-corrected chi connectivity index (χ3v) is 6.72. The van der Waals surface area contributed by atoms with Crippen molar-refractivity contribution >= 4 is 10.0 Å². The molecule has 6 heteroatoms. The first-order chi connectivity index (χ1) is 12.6. The molecule has 0 unspecified atom stereocenters. The van der Waals surface area contributed by atoms with Crippen molar-refractivity contribution in [3.8, 4) is 5.75 Å². The third-order valence-electron chi connectivity index (χ3n) is 4.87. The molecule has 2 aromatic carbocycles. The minimum Gasteiger partial charge on any atom is -0.494 e. The van der Waals surface area contributed by atoms with Crippen molar-refractivity contribution in [2.75, 3.05) is 26.2 Å². The highest BCUT2D eigenvalue weighted by molar-refractivity contribution is 7.89. The molecule has 0 aliphatic carbocycles. The Labute approximate surface area is 155 Å². The molecule has 0 spiro atoms. The SMILES string of the molecule is CCCOc1ccc(S(=O)(=O)N2C[C@@H](CN)[C@H](c3ccccc3)C2)cc1. The van der Waals surface area contributed by atoms with Crippen molar-refractivity contribution in [2.24, 2.45) is 11.7 Å². The fourth-order valence-electron chi connectivity index (χ4n) is 3.42. The first-order valence-corrected chi connectivity index (χ1v) is 10.5. The number of hydrogen-bond acceptors (Lipinski definition) is 4. The lowest BCUT2D eigenvalue weighted by atomic mass is 9.89. The van der Waals surface area contributed by atoms with E-state index in [4.69, 9.17) is 10.5 Å². The van der Waals surface area contributed by atoms with E-state index in [1.165, 1.54) is 0 Å². The summed E-state index contributed by atoms with van der Waals surface area (Å²) >= 11 is 0. The van der Waals surface area contributed by atoms with Gasteiger partial charge in [0, 0.05) is 19.0 Å². The van der Waals surface area contributed by atoms with E-state index in [1.807, 2.05) is 37.3 Å². The molecule has 140 valence electrons. The quantitative estimate of drug-likeness (QED) is 0.809. The van der Waals surface area contributed by atoms with Gasteiger partial charge in [-0.05, 0) is 48.7 Å². The van der Waals surface area contributed by atoms with Crippen molar-refractivity contribution in [3.05, 3.63) is 60.2 Å². The molecule has 26 heavy (non-hydrogen) atoms. The highest BCUT2D eigenvalue weighted by atomic mass is 32.2. The van der Waals surface area contributed by atoms with Gasteiger partial charge in [0.25, 0.3) is 0 Å². The minimum absolute atomic E-state index is 0.124. The molecule has 1 saturated heterocycles. The van der Waals surface area contributed by atoms with Gasteiger partial charge in [-0.3, -0.25) is 0 Å². The van der Waals surface area contributed by atoms with E-state index < -0.39 is 10.0 Å². The van der Waals surface area contributed by atoms with Gasteiger partial charge < -0.3 is 10.5 Å². The standard InChI is InChI=1S/C20H26N2O3S/c1-2-12-25-18-8-10-19(11-9-18)26(23,24)22-14-17(13-21)20(15-22)16-6-4-3-5-7-16/h3-11,17,20H,2,12-15,21H2,1H3/t17-,20+/m1/s1. The fourth-order valence-corrected chi connectivity index (χ4v) is 4.94. The summed E-state index contributed by atoms with van der Waals surface area (Å²) in [6.07, 6.45) is 0.912. The van der Waals surface area contributed by atoms with Crippen LogP contribution in [-0.4, -0.2) is 39.0 Å². The molecular weight excluding hydrogens is 348 g/mol. The summed E-state index contributed by atoms with van der Waals surface area (Å²) in [5.41, 5.74) is 7.08. The maximum Gasteiger partial charge on any atom is 0.243 e. The molecule has 0 saturated carbocycles. The Kier molecular flexibility index (Phi) is 5.96. The maximum absolute atomic E-state index is 13.0. The van der Waals surface area contributed by atoms with Crippen LogP contribution in [0.15, 0.2) is 59.5 Å². The molecule has 1 fully saturated rings. The lowest BCUT2D eigenvalue weighted by Crippen LogP contribution is -2.30. The van der Waals surface area contributed by atoms with Crippen LogP contribution in [0.1, 0.15) is 24.8 Å². The highest BCUT2D eigenvalue weighted by Gasteiger charge is 2.39. The zero-order chi connectivity index (χ0) is 18.6. The fraction of sp³-hybridized carbons (Fsp3) is 0.400. The lowest BCUT2D eigenvalue weighted by Gasteiger charge is -2.17. The first-order valence-electron chi connectivity index (χ1n) is 9.04. The van der Waals surface area contributed by atoms with Crippen LogP contribution >= 0.6 is 0 Å². The van der Waals surface area contributed by atoms with Crippen molar-refractivity contribution in [1.29, 1.82) is 0 Å². The normalized spacial score (nSPS) is 21.0. The Hall–Kier alpha value is -1.89. The molecule has 0 bridgehead atoms. The van der Waals surface area contributed by atoms with Crippen LogP contribution in [-0.2, 0) is 10.0 Å². The summed E-state index contributed by atoms with van der Waals surface area (Å²) in [6.45, 7) is 4.03. The predicted molar refractivity (Wildman–Crippen MR) is 103 cm³/mol. The van der Waals surface area contributed by atoms with E-state index in [9.17, 15) is 8.42 Å². The molecule has 1 heterocycles. The molecule has 5 nitrogen and oxygen atoms in total. The second-order valence-electron chi connectivity index (χ2n) is 6.65. The number of hydrogen-bond donors (Lipinski definition) is 1. The van der Waals surface area contributed by atoms with Crippen molar-refractivity contribution in [2.45, 2.75) is 24.2 Å². The van der Waals surface area contributed by atoms with E-state index >= 15 is 0 Å². The summed E-state index contributed by atoms with van der Waals surface area (Å²) < 4.78 is 33.2. The number of ether oxygens (including phenoxy) is 1. The van der Waals surface area contributed by atoms with E-state index in [0.29, 0.717) is 36.9 Å². The Morgan fingerprint density at radius 2 is 1.77 bits per heavy atom. The highest BCUT2D eigenvalue weighted by Crippen LogP contribution is 2.35. The summed E-state index contributed by atoms with van der Waals surface area (Å²) in [6, 6.07) is 16.7. The Morgan fingerprint density at radius 3 is 2.38 bits per heavy atom. The van der Waals surface area contributed by atoms with E-state index in [-0.39, 0.29) is 11.8 Å². The Bertz CT molecular complexity index is 807. The van der Waals surface area contributed by atoms with Crippen LogP contribution in [0.3, 0.4) is 0 Å². The van der Waals surface area contributed by atoms with E-state index in [1.54, 1.807) is 28.6 Å². The molecular formula is C20H26N2O3S. The molecule has 1 aliphatic heterocycles. The Morgan fingerprint density at radius 1 is 1.08 bits per heavy atom. The summed E-state index contributed by atoms with van der Waals surface area (Å²) in [5, 5.41) is 0. The van der Waals surface area contributed by atoms with Gasteiger partial charge in [-0.1, -0.05) is 37.3 Å². The van der Waals surface area contributed by atoms with Crippen LogP contribution < -0.4 is 10.5 Å². The van der Waals surface area contributed by atoms with Gasteiger partial charge in [-0.2, -0.15) is 4.31 Å². The van der Waals surface area contributed by atoms with Crippen LogP contribution in [0.5, 0.6) is 5.75 Å². The third kappa shape index (κ3) is 3.92. The van der Waals surface area contributed by atoms with Gasteiger partial charge in [0.1, 0.15) is 5.75 Å². The van der Waals surface area contributed by atoms with Crippen LogP contribution in [0.4, 0.5) is 0 Å². The number of sulfonamides is 1. The van der Waals surface area contributed by atoms with Gasteiger partial charge in [0.05, 0.1) is 11.5 Å². The molecule has 2 atom stereocenters. The summed E-state index contributed by atoms with van der Waals surface area (Å²) in [5.74, 6) is 0.941. The second-order valence-corrected chi connectivity index (χ2v) is 8.59. The second kappa shape index (κ2) is 8.20. The number of benzene rings is 2. The predicted octanol–water partition coefficient (Wildman–Crippen LogP) is 2.84. The van der Waals surface area contributed by atoms with Gasteiger partial charge in [-0.15, -0.1) is 0 Å². The lowest BCUT2D eigenvalue weighted by molar-refractivity contribution is 0.317. The smallest absolute Gasteiger partial charge is 0.243 e. The molecule has 2 aromatic rings. The molecule has 1 aliphatic rings. The number of nitrogens with two attached hydrogens (primary N) is 1. The van der Waals surface area contributed by atoms with Crippen molar-refractivity contribution < 1.29 is 13.2 Å². The summed E-state index contributed by atoms with van der Waals surface area (Å²) in [7, 11) is -3.54. The average molecular weight is 375 g/mol. The Balaban J connectivity index is 1.79. The molecule has 0 amide bonds. The van der Waals surface area contributed by atoms with Gasteiger partial charge in [0.2, 0.25) is 10.0 Å². The number of rotatable bonds is 7. The molecule has 2 N–H and O–H groups in total. The van der Waals surface area contributed by atoms with Crippen molar-refractivity contribution in [3.63, 3.8) is 0 Å². The zero-order valence-corrected chi connectivity index (χ0v) is 15.9. The maximum atomic E-state index is 13.0.